The van der Waals surface area contributed by atoms with Crippen molar-refractivity contribution in [2.75, 3.05) is 20.2 Å². The summed E-state index contributed by atoms with van der Waals surface area (Å²) in [5.74, 6) is -1.91. The topological polar surface area (TPSA) is 104 Å². The van der Waals surface area contributed by atoms with Crippen LogP contribution in [-0.4, -0.2) is 53.1 Å². The van der Waals surface area contributed by atoms with Crippen LogP contribution in [0.1, 0.15) is 22.5 Å². The Bertz CT molecular complexity index is 1070. The van der Waals surface area contributed by atoms with Crippen molar-refractivity contribution in [2.24, 2.45) is 0 Å². The molecule has 156 valence electrons. The molecule has 2 amide bonds. The Balaban J connectivity index is 1.40. The number of fused-ring (bicyclic) bond motifs is 1. The number of carbonyl (C=O) groups is 3. The van der Waals surface area contributed by atoms with Gasteiger partial charge in [0.15, 0.2) is 12.3 Å². The molecule has 0 unspecified atom stereocenters. The molecule has 0 aliphatic carbocycles. The maximum Gasteiger partial charge on any atom is 0.308 e. The largest absolute Gasteiger partial charge is 0.456 e. The molecule has 1 heterocycles. The van der Waals surface area contributed by atoms with Crippen LogP contribution in [0.3, 0.4) is 0 Å². The number of hydrogen-bond acceptors (Lipinski definition) is 5. The zero-order valence-corrected chi connectivity index (χ0v) is 16.4. The van der Waals surface area contributed by atoms with Crippen LogP contribution in [0.5, 0.6) is 0 Å². The van der Waals surface area contributed by atoms with Gasteiger partial charge in [-0.2, -0.15) is 5.10 Å². The van der Waals surface area contributed by atoms with E-state index in [9.17, 15) is 18.8 Å². The molecule has 2 N–H and O–H groups in total. The van der Waals surface area contributed by atoms with Crippen molar-refractivity contribution < 1.29 is 23.5 Å². The highest BCUT2D eigenvalue weighted by molar-refractivity contribution is 6.04. The molecule has 0 spiro atoms. The van der Waals surface area contributed by atoms with E-state index in [0.717, 1.165) is 5.52 Å². The van der Waals surface area contributed by atoms with E-state index >= 15 is 0 Å². The first-order valence-electron chi connectivity index (χ1n) is 9.30. The molecule has 0 aliphatic rings. The lowest BCUT2D eigenvalue weighted by molar-refractivity contribution is -0.151. The summed E-state index contributed by atoms with van der Waals surface area (Å²) in [4.78, 5) is 37.4. The number of nitrogens with zero attached hydrogens (tertiary/aromatic N) is 2. The number of esters is 1. The van der Waals surface area contributed by atoms with Crippen molar-refractivity contribution in [1.29, 1.82) is 0 Å². The third kappa shape index (κ3) is 5.19. The predicted molar refractivity (Wildman–Crippen MR) is 107 cm³/mol. The van der Waals surface area contributed by atoms with Crippen molar-refractivity contribution in [1.82, 2.24) is 20.4 Å². The number of amides is 2. The molecule has 3 rings (SSSR count). The quantitative estimate of drug-likeness (QED) is 0.551. The summed E-state index contributed by atoms with van der Waals surface area (Å²) in [5, 5.41) is 10.0. The first-order chi connectivity index (χ1) is 14.5. The minimum absolute atomic E-state index is 0.0398. The maximum atomic E-state index is 13.7. The number of aromatic amines is 1. The van der Waals surface area contributed by atoms with E-state index in [1.54, 1.807) is 36.4 Å². The van der Waals surface area contributed by atoms with Gasteiger partial charge in [0.1, 0.15) is 5.82 Å². The van der Waals surface area contributed by atoms with Gasteiger partial charge < -0.3 is 15.0 Å². The van der Waals surface area contributed by atoms with Gasteiger partial charge in [-0.25, -0.2) is 4.39 Å². The van der Waals surface area contributed by atoms with E-state index in [2.05, 4.69) is 15.5 Å². The fourth-order valence-electron chi connectivity index (χ4n) is 2.79. The Morgan fingerprint density at radius 1 is 1.13 bits per heavy atom. The van der Waals surface area contributed by atoms with Crippen LogP contribution in [0.25, 0.3) is 10.9 Å². The lowest BCUT2D eigenvalue weighted by atomic mass is 10.2. The second kappa shape index (κ2) is 9.64. The van der Waals surface area contributed by atoms with Crippen molar-refractivity contribution >= 4 is 28.7 Å². The molecule has 0 bridgehead atoms. The first kappa shape index (κ1) is 21.0. The molecule has 0 aliphatic heterocycles. The van der Waals surface area contributed by atoms with Crippen molar-refractivity contribution in [3.8, 4) is 0 Å². The number of nitrogens with one attached hydrogen (secondary N) is 2. The molecule has 9 heteroatoms. The maximum absolute atomic E-state index is 13.7. The summed E-state index contributed by atoms with van der Waals surface area (Å²) < 4.78 is 18.6. The monoisotopic (exact) mass is 412 g/mol. The number of ether oxygens (including phenoxy) is 1. The molecular weight excluding hydrogens is 391 g/mol. The summed E-state index contributed by atoms with van der Waals surface area (Å²) in [6.07, 6.45) is -0.0988. The van der Waals surface area contributed by atoms with Crippen molar-refractivity contribution in [2.45, 2.75) is 13.0 Å². The first-order valence-corrected chi connectivity index (χ1v) is 9.30. The summed E-state index contributed by atoms with van der Waals surface area (Å²) >= 11 is 0. The van der Waals surface area contributed by atoms with E-state index < -0.39 is 30.2 Å². The average molecular weight is 412 g/mol. The standard InChI is InChI=1S/C21H21FN4O4/c1-26(12-14-6-2-4-8-16(14)22)18(27)13-30-19(28)10-11-23-21(29)20-15-7-3-5-9-17(15)24-25-20/h2-9H,10-13H2,1H3,(H,23,29)(H,24,25). The van der Waals surface area contributed by atoms with Crippen LogP contribution < -0.4 is 5.32 Å². The smallest absolute Gasteiger partial charge is 0.308 e. The fraction of sp³-hybridized carbons (Fsp3) is 0.238. The third-order valence-electron chi connectivity index (χ3n) is 4.45. The van der Waals surface area contributed by atoms with Gasteiger partial charge in [-0.3, -0.25) is 19.5 Å². The van der Waals surface area contributed by atoms with Crippen LogP contribution in [0, 0.1) is 5.82 Å². The van der Waals surface area contributed by atoms with Gasteiger partial charge >= 0.3 is 5.97 Å². The number of rotatable bonds is 8. The zero-order chi connectivity index (χ0) is 21.5. The summed E-state index contributed by atoms with van der Waals surface area (Å²) in [5.41, 5.74) is 1.34. The Morgan fingerprint density at radius 2 is 1.87 bits per heavy atom. The van der Waals surface area contributed by atoms with Gasteiger partial charge in [-0.1, -0.05) is 36.4 Å². The minimum Gasteiger partial charge on any atom is -0.456 e. The Hall–Kier alpha value is -3.75. The number of carbonyl (C=O) groups excluding carboxylic acids is 3. The summed E-state index contributed by atoms with van der Waals surface area (Å²) in [6.45, 7) is -0.351. The van der Waals surface area contributed by atoms with Crippen LogP contribution in [0.4, 0.5) is 4.39 Å². The SMILES string of the molecule is CN(Cc1ccccc1F)C(=O)COC(=O)CCNC(=O)c1n[nH]c2ccccc12. The fourth-order valence-corrected chi connectivity index (χ4v) is 2.79. The van der Waals surface area contributed by atoms with Gasteiger partial charge in [-0.15, -0.1) is 0 Å². The van der Waals surface area contributed by atoms with Gasteiger partial charge in [0.25, 0.3) is 11.8 Å². The van der Waals surface area contributed by atoms with E-state index in [1.807, 2.05) is 6.07 Å². The molecule has 30 heavy (non-hydrogen) atoms. The van der Waals surface area contributed by atoms with Gasteiger partial charge in [0.2, 0.25) is 0 Å². The van der Waals surface area contributed by atoms with Crippen LogP contribution in [0.15, 0.2) is 48.5 Å². The molecule has 3 aromatic rings. The molecular formula is C21H21FN4O4. The second-order valence-electron chi connectivity index (χ2n) is 6.63. The highest BCUT2D eigenvalue weighted by atomic mass is 19.1. The number of hydrogen-bond donors (Lipinski definition) is 2. The predicted octanol–water partition coefficient (Wildman–Crippen LogP) is 2.02. The molecule has 0 atom stereocenters. The molecule has 1 aromatic heterocycles. The van der Waals surface area contributed by atoms with Gasteiger partial charge in [-0.05, 0) is 12.1 Å². The lowest BCUT2D eigenvalue weighted by Crippen LogP contribution is -2.32. The Labute approximate surface area is 172 Å². The molecule has 0 radical (unpaired) electrons. The van der Waals surface area contributed by atoms with Crippen LogP contribution in [-0.2, 0) is 20.9 Å². The normalized spacial score (nSPS) is 10.6. The molecule has 0 fully saturated rings. The number of halogens is 1. The lowest BCUT2D eigenvalue weighted by Gasteiger charge is -2.17. The van der Waals surface area contributed by atoms with E-state index in [1.165, 1.54) is 18.0 Å². The molecule has 2 aromatic carbocycles. The highest BCUT2D eigenvalue weighted by Gasteiger charge is 2.16. The highest BCUT2D eigenvalue weighted by Crippen LogP contribution is 2.14. The Kier molecular flexibility index (Phi) is 6.74. The number of para-hydroxylation sites is 1. The van der Waals surface area contributed by atoms with Crippen LogP contribution in [0.2, 0.25) is 0 Å². The zero-order valence-electron chi connectivity index (χ0n) is 16.4. The van der Waals surface area contributed by atoms with E-state index in [0.29, 0.717) is 10.9 Å². The average Bonchev–Trinajstić information content (AvgIpc) is 3.18. The second-order valence-corrected chi connectivity index (χ2v) is 6.63. The minimum atomic E-state index is -0.630. The molecule has 8 nitrogen and oxygen atoms in total. The molecule has 0 saturated carbocycles. The van der Waals surface area contributed by atoms with Crippen LogP contribution >= 0.6 is 0 Å². The third-order valence-corrected chi connectivity index (χ3v) is 4.45. The van der Waals surface area contributed by atoms with E-state index in [4.69, 9.17) is 4.74 Å². The molecule has 0 saturated heterocycles. The van der Waals surface area contributed by atoms with E-state index in [-0.39, 0.29) is 25.2 Å². The van der Waals surface area contributed by atoms with Gasteiger partial charge in [0, 0.05) is 31.1 Å². The number of benzene rings is 2. The van der Waals surface area contributed by atoms with Crippen molar-refractivity contribution in [3.63, 3.8) is 0 Å². The number of likely N-dealkylation sites (N-methyl/N-ethyl adjacent to an activating group) is 1. The Morgan fingerprint density at radius 3 is 2.67 bits per heavy atom. The summed E-state index contributed by atoms with van der Waals surface area (Å²) in [7, 11) is 1.50. The number of aromatic nitrogens is 2. The van der Waals surface area contributed by atoms with Gasteiger partial charge in [0.05, 0.1) is 11.9 Å². The van der Waals surface area contributed by atoms with Crippen molar-refractivity contribution in [3.05, 3.63) is 65.6 Å². The number of H-pyrrole nitrogens is 1. The summed E-state index contributed by atoms with van der Waals surface area (Å²) in [6, 6.07) is 13.3.